The highest BCUT2D eigenvalue weighted by Crippen LogP contribution is 2.21. The van der Waals surface area contributed by atoms with Crippen molar-refractivity contribution in [2.45, 2.75) is 13.5 Å². The van der Waals surface area contributed by atoms with Crippen molar-refractivity contribution in [3.8, 4) is 0 Å². The second kappa shape index (κ2) is 6.28. The predicted molar refractivity (Wildman–Crippen MR) is 96.7 cm³/mol. The molecule has 124 valence electrons. The van der Waals surface area contributed by atoms with Crippen LogP contribution in [-0.4, -0.2) is 15.7 Å². The van der Waals surface area contributed by atoms with E-state index in [1.807, 2.05) is 31.2 Å². The molecule has 0 aliphatic heterocycles. The van der Waals surface area contributed by atoms with Crippen LogP contribution in [0.2, 0.25) is 0 Å². The van der Waals surface area contributed by atoms with E-state index < -0.39 is 0 Å². The van der Waals surface area contributed by atoms with E-state index in [-0.39, 0.29) is 11.7 Å². The average molecular weight is 331 g/mol. The highest BCUT2D eigenvalue weighted by Gasteiger charge is 2.14. The van der Waals surface area contributed by atoms with E-state index in [0.717, 1.165) is 11.3 Å². The quantitative estimate of drug-likeness (QED) is 0.608. The maximum Gasteiger partial charge on any atom is 0.292 e. The molecule has 1 amide bonds. The molecule has 0 atom stereocenters. The molecule has 0 spiro atoms. The monoisotopic (exact) mass is 331 g/mol. The maximum absolute atomic E-state index is 12.3. The molecule has 2 aromatic heterocycles. The number of aromatic nitrogens is 2. The Balaban J connectivity index is 1.66. The largest absolute Gasteiger partial charge is 0.459 e. The number of hydrogen-bond acceptors (Lipinski definition) is 3. The molecule has 4 aromatic rings. The van der Waals surface area contributed by atoms with E-state index in [1.165, 1.54) is 17.0 Å². The zero-order chi connectivity index (χ0) is 17.2. The van der Waals surface area contributed by atoms with E-state index in [9.17, 15) is 4.79 Å². The Morgan fingerprint density at radius 3 is 2.80 bits per heavy atom. The Hall–Kier alpha value is -3.34. The fourth-order valence-corrected chi connectivity index (χ4v) is 2.94. The number of benzene rings is 2. The van der Waals surface area contributed by atoms with Gasteiger partial charge in [-0.2, -0.15) is 5.10 Å². The third-order valence-electron chi connectivity index (χ3n) is 4.09. The number of anilines is 1. The van der Waals surface area contributed by atoms with Gasteiger partial charge in [0, 0.05) is 6.07 Å². The van der Waals surface area contributed by atoms with Crippen LogP contribution < -0.4 is 5.32 Å². The van der Waals surface area contributed by atoms with Gasteiger partial charge in [0.15, 0.2) is 5.76 Å². The van der Waals surface area contributed by atoms with Gasteiger partial charge in [-0.25, -0.2) is 4.68 Å². The first-order valence-corrected chi connectivity index (χ1v) is 8.07. The van der Waals surface area contributed by atoms with Crippen molar-refractivity contribution in [3.63, 3.8) is 0 Å². The lowest BCUT2D eigenvalue weighted by molar-refractivity contribution is 0.0995. The van der Waals surface area contributed by atoms with Crippen LogP contribution in [0.3, 0.4) is 0 Å². The summed E-state index contributed by atoms with van der Waals surface area (Å²) < 4.78 is 6.95. The van der Waals surface area contributed by atoms with Crippen LogP contribution in [-0.2, 0) is 6.54 Å². The summed E-state index contributed by atoms with van der Waals surface area (Å²) in [4.78, 5) is 12.3. The minimum atomic E-state index is -0.288. The molecule has 5 heteroatoms. The van der Waals surface area contributed by atoms with Crippen LogP contribution in [0, 0.1) is 6.92 Å². The Morgan fingerprint density at radius 2 is 1.96 bits per heavy atom. The van der Waals surface area contributed by atoms with Crippen molar-refractivity contribution < 1.29 is 9.21 Å². The number of hydrogen-bond donors (Lipinski definition) is 1. The lowest BCUT2D eigenvalue weighted by atomic mass is 10.0. The molecule has 0 aliphatic carbocycles. The lowest BCUT2D eigenvalue weighted by Gasteiger charge is -2.10. The van der Waals surface area contributed by atoms with Gasteiger partial charge in [-0.15, -0.1) is 0 Å². The molecule has 0 radical (unpaired) electrons. The molecule has 0 fully saturated rings. The minimum Gasteiger partial charge on any atom is -0.459 e. The summed E-state index contributed by atoms with van der Waals surface area (Å²) in [6.45, 7) is 2.48. The van der Waals surface area contributed by atoms with Gasteiger partial charge in [-0.05, 0) is 35.4 Å². The normalized spacial score (nSPS) is 10.9. The number of carbonyl (C=O) groups is 1. The molecule has 1 N–H and O–H groups in total. The number of fused-ring (bicyclic) bond motifs is 1. The van der Waals surface area contributed by atoms with Gasteiger partial charge in [0.1, 0.15) is 5.82 Å². The Labute approximate surface area is 144 Å². The van der Waals surface area contributed by atoms with Gasteiger partial charge < -0.3 is 9.73 Å². The average Bonchev–Trinajstić information content (AvgIpc) is 3.26. The van der Waals surface area contributed by atoms with Crippen molar-refractivity contribution in [2.24, 2.45) is 0 Å². The van der Waals surface area contributed by atoms with Gasteiger partial charge in [-0.1, -0.05) is 42.5 Å². The summed E-state index contributed by atoms with van der Waals surface area (Å²) in [5.41, 5.74) is 1.99. The molecule has 2 heterocycles. The number of nitrogens with one attached hydrogen (secondary N) is 1. The smallest absolute Gasteiger partial charge is 0.292 e. The summed E-state index contributed by atoms with van der Waals surface area (Å²) in [5, 5.41) is 9.76. The standard InChI is InChI=1S/C20H17N3O2/c1-14-12-19(21-20(24)18-10-5-11-25-18)23(22-14)13-16-8-4-7-15-6-2-3-9-17(15)16/h2-12H,13H2,1H3,(H,21,24). The summed E-state index contributed by atoms with van der Waals surface area (Å²) in [6.07, 6.45) is 1.48. The molecule has 0 bridgehead atoms. The lowest BCUT2D eigenvalue weighted by Crippen LogP contribution is -2.15. The van der Waals surface area contributed by atoms with E-state index in [0.29, 0.717) is 12.4 Å². The maximum atomic E-state index is 12.3. The number of furan rings is 1. The molecule has 2 aromatic carbocycles. The molecule has 0 unspecified atom stereocenters. The van der Waals surface area contributed by atoms with Crippen LogP contribution in [0.15, 0.2) is 71.3 Å². The van der Waals surface area contributed by atoms with Gasteiger partial charge >= 0.3 is 0 Å². The number of amides is 1. The van der Waals surface area contributed by atoms with Crippen LogP contribution in [0.1, 0.15) is 21.8 Å². The molecule has 0 aliphatic rings. The number of nitrogens with zero attached hydrogens (tertiary/aromatic N) is 2. The molecule has 25 heavy (non-hydrogen) atoms. The van der Waals surface area contributed by atoms with Gasteiger partial charge in [0.05, 0.1) is 18.5 Å². The predicted octanol–water partition coefficient (Wildman–Crippen LogP) is 4.24. The first-order valence-electron chi connectivity index (χ1n) is 8.07. The molecular formula is C20H17N3O2. The number of aryl methyl sites for hydroxylation is 1. The first kappa shape index (κ1) is 15.2. The number of carbonyl (C=O) groups excluding carboxylic acids is 1. The van der Waals surface area contributed by atoms with Crippen molar-refractivity contribution in [2.75, 3.05) is 5.32 Å². The van der Waals surface area contributed by atoms with Crippen LogP contribution in [0.25, 0.3) is 10.8 Å². The van der Waals surface area contributed by atoms with Gasteiger partial charge in [0.2, 0.25) is 0 Å². The van der Waals surface area contributed by atoms with Crippen LogP contribution in [0.5, 0.6) is 0 Å². The Kier molecular flexibility index (Phi) is 3.82. The number of rotatable bonds is 4. The van der Waals surface area contributed by atoms with Crippen molar-refractivity contribution in [1.29, 1.82) is 0 Å². The highest BCUT2D eigenvalue weighted by atomic mass is 16.3. The highest BCUT2D eigenvalue weighted by molar-refractivity contribution is 6.01. The third-order valence-corrected chi connectivity index (χ3v) is 4.09. The Bertz CT molecular complexity index is 1030. The SMILES string of the molecule is Cc1cc(NC(=O)c2ccco2)n(Cc2cccc3ccccc23)n1. The second-order valence-corrected chi connectivity index (χ2v) is 5.90. The van der Waals surface area contributed by atoms with Gasteiger partial charge in [0.25, 0.3) is 5.91 Å². The zero-order valence-electron chi connectivity index (χ0n) is 13.8. The van der Waals surface area contributed by atoms with Crippen molar-refractivity contribution in [1.82, 2.24) is 9.78 Å². The molecule has 0 saturated heterocycles. The second-order valence-electron chi connectivity index (χ2n) is 5.90. The fourth-order valence-electron chi connectivity index (χ4n) is 2.94. The van der Waals surface area contributed by atoms with Crippen LogP contribution >= 0.6 is 0 Å². The van der Waals surface area contributed by atoms with Crippen LogP contribution in [0.4, 0.5) is 5.82 Å². The van der Waals surface area contributed by atoms with Crippen molar-refractivity contribution in [3.05, 3.63) is 83.9 Å². The summed E-state index contributed by atoms with van der Waals surface area (Å²) in [5.74, 6) is 0.631. The summed E-state index contributed by atoms with van der Waals surface area (Å²) in [6, 6.07) is 19.6. The zero-order valence-corrected chi connectivity index (χ0v) is 13.8. The minimum absolute atomic E-state index is 0.274. The van der Waals surface area contributed by atoms with E-state index in [4.69, 9.17) is 4.42 Å². The Morgan fingerprint density at radius 1 is 1.12 bits per heavy atom. The molecule has 4 rings (SSSR count). The van der Waals surface area contributed by atoms with E-state index >= 15 is 0 Å². The molecular weight excluding hydrogens is 314 g/mol. The summed E-state index contributed by atoms with van der Waals surface area (Å²) in [7, 11) is 0. The third kappa shape index (κ3) is 3.04. The summed E-state index contributed by atoms with van der Waals surface area (Å²) >= 11 is 0. The molecule has 5 nitrogen and oxygen atoms in total. The first-order chi connectivity index (χ1) is 12.2. The topological polar surface area (TPSA) is 60.1 Å². The van der Waals surface area contributed by atoms with E-state index in [1.54, 1.807) is 16.8 Å². The fraction of sp³-hybridized carbons (Fsp3) is 0.100. The van der Waals surface area contributed by atoms with Gasteiger partial charge in [-0.3, -0.25) is 4.79 Å². The van der Waals surface area contributed by atoms with E-state index in [2.05, 4.69) is 34.7 Å². The molecule has 0 saturated carbocycles. The van der Waals surface area contributed by atoms with Crippen molar-refractivity contribution >= 4 is 22.5 Å².